The number of esters is 4. The van der Waals surface area contributed by atoms with Gasteiger partial charge < -0.3 is 28.7 Å². The monoisotopic (exact) mass is 815 g/mol. The van der Waals surface area contributed by atoms with Gasteiger partial charge in [0.05, 0.1) is 24.7 Å². The minimum atomic E-state index is -1.37. The van der Waals surface area contributed by atoms with E-state index in [9.17, 15) is 19.2 Å². The Bertz CT molecular complexity index is 1560. The summed E-state index contributed by atoms with van der Waals surface area (Å²) in [5.74, 6) is -5.48. The van der Waals surface area contributed by atoms with E-state index in [0.29, 0.717) is 51.4 Å². The molecular weight excluding hydrogens is 737 g/mol. The summed E-state index contributed by atoms with van der Waals surface area (Å²) in [6, 6.07) is 0. The van der Waals surface area contributed by atoms with Crippen LogP contribution >= 0.6 is 0 Å². The lowest BCUT2D eigenvalue weighted by Crippen LogP contribution is -2.60. The molecule has 0 bridgehead atoms. The normalized spacial score (nSPS) is 28.3. The average Bonchev–Trinajstić information content (AvgIpc) is 3.04. The third-order valence-electron chi connectivity index (χ3n) is 14.7. The van der Waals surface area contributed by atoms with Crippen molar-refractivity contribution in [2.45, 2.75) is 205 Å². The molecule has 330 valence electrons. The first-order valence-electron chi connectivity index (χ1n) is 21.4. The summed E-state index contributed by atoms with van der Waals surface area (Å²) in [5, 5.41) is 0. The number of carbonyl (C=O) groups excluding carboxylic acids is 4. The van der Waals surface area contributed by atoms with Crippen LogP contribution in [0.25, 0.3) is 0 Å². The Labute approximate surface area is 350 Å². The van der Waals surface area contributed by atoms with Crippen LogP contribution in [-0.4, -0.2) is 129 Å². The molecule has 0 amide bonds. The summed E-state index contributed by atoms with van der Waals surface area (Å²) in [7, 11) is 8.09. The van der Waals surface area contributed by atoms with Crippen molar-refractivity contribution in [1.29, 1.82) is 0 Å². The molecule has 4 atom stereocenters. The van der Waals surface area contributed by atoms with Gasteiger partial charge in [-0.1, -0.05) is 13.2 Å². The second-order valence-electron chi connectivity index (χ2n) is 21.8. The van der Waals surface area contributed by atoms with Gasteiger partial charge in [-0.3, -0.25) is 29.0 Å². The average molecular weight is 815 g/mol. The van der Waals surface area contributed by atoms with Crippen LogP contribution in [0.2, 0.25) is 0 Å². The Balaban J connectivity index is 1.69. The molecule has 0 aromatic rings. The number of hydrogen-bond donors (Lipinski definition) is 0. The molecule has 0 aliphatic carbocycles. The quantitative estimate of drug-likeness (QED) is 0.155. The maximum Gasteiger partial charge on any atom is 0.310 e. The molecule has 4 aliphatic heterocycles. The maximum absolute atomic E-state index is 14.7. The van der Waals surface area contributed by atoms with E-state index in [0.717, 1.165) is 11.4 Å². The molecule has 0 N–H and O–H groups in total. The Morgan fingerprint density at radius 3 is 1.07 bits per heavy atom. The van der Waals surface area contributed by atoms with E-state index < -0.39 is 73.0 Å². The Kier molecular flexibility index (Phi) is 13.7. The lowest BCUT2D eigenvalue weighted by Gasteiger charge is -2.53. The largest absolute Gasteiger partial charge is 0.462 e. The van der Waals surface area contributed by atoms with E-state index in [-0.39, 0.29) is 33.2 Å². The molecule has 12 nitrogen and oxygen atoms in total. The van der Waals surface area contributed by atoms with Crippen LogP contribution < -0.4 is 0 Å². The van der Waals surface area contributed by atoms with E-state index in [1.807, 2.05) is 14.1 Å². The fourth-order valence-electron chi connectivity index (χ4n) is 10.2. The van der Waals surface area contributed by atoms with Crippen molar-refractivity contribution >= 4 is 23.9 Å². The molecule has 0 aromatic heterocycles. The summed E-state index contributed by atoms with van der Waals surface area (Å²) in [5.41, 5.74) is -0.134. The van der Waals surface area contributed by atoms with Gasteiger partial charge in [0.2, 0.25) is 0 Å². The summed E-state index contributed by atoms with van der Waals surface area (Å²) < 4.78 is 24.8. The summed E-state index contributed by atoms with van der Waals surface area (Å²) >= 11 is 0. The van der Waals surface area contributed by atoms with Gasteiger partial charge in [-0.2, -0.15) is 0 Å². The van der Waals surface area contributed by atoms with Crippen molar-refractivity contribution in [1.82, 2.24) is 19.6 Å². The molecule has 4 saturated heterocycles. The van der Waals surface area contributed by atoms with Crippen molar-refractivity contribution in [2.75, 3.05) is 28.2 Å². The van der Waals surface area contributed by atoms with Crippen LogP contribution in [-0.2, 0) is 38.1 Å². The van der Waals surface area contributed by atoms with Gasteiger partial charge in [0.15, 0.2) is 0 Å². The Morgan fingerprint density at radius 2 is 0.741 bits per heavy atom. The highest BCUT2D eigenvalue weighted by atomic mass is 16.6. The molecule has 4 aliphatic rings. The lowest BCUT2D eigenvalue weighted by molar-refractivity contribution is -0.180. The summed E-state index contributed by atoms with van der Waals surface area (Å²) in [6.45, 7) is 33.6. The Morgan fingerprint density at radius 1 is 0.483 bits per heavy atom. The van der Waals surface area contributed by atoms with Crippen LogP contribution in [0.3, 0.4) is 0 Å². The second kappa shape index (κ2) is 16.7. The van der Waals surface area contributed by atoms with Crippen molar-refractivity contribution in [2.24, 2.45) is 11.8 Å². The zero-order valence-electron chi connectivity index (χ0n) is 39.0. The highest BCUT2D eigenvalue weighted by molar-refractivity contribution is 5.89. The van der Waals surface area contributed by atoms with E-state index in [4.69, 9.17) is 18.9 Å². The van der Waals surface area contributed by atoms with Crippen molar-refractivity contribution in [3.8, 4) is 0 Å². The summed E-state index contributed by atoms with van der Waals surface area (Å²) in [6.07, 6.45) is 1.34. The van der Waals surface area contributed by atoms with E-state index in [1.54, 1.807) is 0 Å². The minimum Gasteiger partial charge on any atom is -0.462 e. The van der Waals surface area contributed by atoms with E-state index >= 15 is 0 Å². The van der Waals surface area contributed by atoms with E-state index in [2.05, 4.69) is 130 Å². The van der Waals surface area contributed by atoms with Crippen LogP contribution in [0.4, 0.5) is 0 Å². The smallest absolute Gasteiger partial charge is 0.310 e. The molecule has 0 saturated carbocycles. The SMILES string of the molecule is C=C1CC(OC(=O)CC(C(=O)OC2CC(=C)N(C)C(C)(C)C2)C(CC(=O)OC2CC(C)(C)N(C)C(C)(C)C2)C(=O)OC2CC(C)(C)N(C)C(C)(C)C2)CC(C)(C)N1C. The minimum absolute atomic E-state index is 0.255. The Hall–Kier alpha value is -3.12. The number of piperidine rings is 4. The highest BCUT2D eigenvalue weighted by Crippen LogP contribution is 2.42. The van der Waals surface area contributed by atoms with Gasteiger partial charge in [0.25, 0.3) is 0 Å². The zero-order valence-corrected chi connectivity index (χ0v) is 39.0. The maximum atomic E-state index is 14.7. The van der Waals surface area contributed by atoms with Gasteiger partial charge in [0.1, 0.15) is 24.4 Å². The predicted octanol–water partition coefficient (Wildman–Crippen LogP) is 7.25. The van der Waals surface area contributed by atoms with Gasteiger partial charge in [-0.15, -0.1) is 0 Å². The first-order chi connectivity index (χ1) is 26.3. The van der Waals surface area contributed by atoms with Gasteiger partial charge in [-0.05, 0) is 97.2 Å². The fourth-order valence-corrected chi connectivity index (χ4v) is 10.2. The first-order valence-corrected chi connectivity index (χ1v) is 21.4. The van der Waals surface area contributed by atoms with Crippen LogP contribution in [0.1, 0.15) is 147 Å². The third kappa shape index (κ3) is 10.8. The zero-order chi connectivity index (χ0) is 44.1. The lowest BCUT2D eigenvalue weighted by atomic mass is 9.78. The molecule has 4 unspecified atom stereocenters. The van der Waals surface area contributed by atoms with Crippen LogP contribution in [0.5, 0.6) is 0 Å². The van der Waals surface area contributed by atoms with Gasteiger partial charge >= 0.3 is 23.9 Å². The topological polar surface area (TPSA) is 118 Å². The number of rotatable bonds is 11. The number of nitrogens with zero attached hydrogens (tertiary/aromatic N) is 4. The highest BCUT2D eigenvalue weighted by Gasteiger charge is 2.49. The molecule has 4 rings (SSSR count). The fraction of sp³-hybridized carbons (Fsp3) is 0.826. The number of likely N-dealkylation sites (tertiary alicyclic amines) is 4. The molecular formula is C46H78N4O8. The van der Waals surface area contributed by atoms with Crippen molar-refractivity contribution in [3.05, 3.63) is 24.6 Å². The van der Waals surface area contributed by atoms with Crippen molar-refractivity contribution in [3.63, 3.8) is 0 Å². The number of hydrogen-bond acceptors (Lipinski definition) is 12. The first kappa shape index (κ1) is 47.6. The van der Waals surface area contributed by atoms with Crippen molar-refractivity contribution < 1.29 is 38.1 Å². The molecule has 0 aromatic carbocycles. The molecule has 4 heterocycles. The van der Waals surface area contributed by atoms with E-state index in [1.165, 1.54) is 0 Å². The number of ether oxygens (including phenoxy) is 4. The predicted molar refractivity (Wildman–Crippen MR) is 226 cm³/mol. The molecule has 0 radical (unpaired) electrons. The van der Waals surface area contributed by atoms with Crippen LogP contribution in [0.15, 0.2) is 24.6 Å². The molecule has 58 heavy (non-hydrogen) atoms. The molecule has 12 heteroatoms. The second-order valence-corrected chi connectivity index (χ2v) is 21.8. The molecule has 0 spiro atoms. The summed E-state index contributed by atoms with van der Waals surface area (Å²) in [4.78, 5) is 66.3. The third-order valence-corrected chi connectivity index (χ3v) is 14.7. The van der Waals surface area contributed by atoms with Crippen LogP contribution in [0, 0.1) is 11.8 Å². The standard InChI is InChI=1S/C46H78N4O8/c1-29-19-31(23-41(3,4)47(29)15)55-37(51)21-35(39(53)57-32-20-30(2)48(16)42(5,6)24-32)36(40(54)58-34-27-45(11,12)50(18)46(13,14)28-34)22-38(52)56-33-25-43(7,8)49(17)44(9,10)26-33/h31-36H,1-2,19-28H2,3-18H3. The van der Waals surface area contributed by atoms with Gasteiger partial charge in [-0.25, -0.2) is 0 Å². The van der Waals surface area contributed by atoms with Gasteiger partial charge in [0, 0.05) is 110 Å². The number of carbonyl (C=O) groups is 4. The molecule has 4 fully saturated rings.